The van der Waals surface area contributed by atoms with E-state index in [4.69, 9.17) is 4.74 Å². The number of pyridine rings is 1. The van der Waals surface area contributed by atoms with Gasteiger partial charge in [-0.3, -0.25) is 14.7 Å². The number of carbonyl (C=O) groups is 1. The van der Waals surface area contributed by atoms with E-state index in [1.165, 1.54) is 11.1 Å². The van der Waals surface area contributed by atoms with Crippen LogP contribution in [-0.2, 0) is 17.6 Å². The van der Waals surface area contributed by atoms with Gasteiger partial charge in [-0.1, -0.05) is 66.7 Å². The van der Waals surface area contributed by atoms with E-state index in [9.17, 15) is 9.90 Å². The van der Waals surface area contributed by atoms with E-state index in [-0.39, 0.29) is 12.5 Å². The fourth-order valence-electron chi connectivity index (χ4n) is 7.56. The third-order valence-electron chi connectivity index (χ3n) is 10.3. The number of nitrogens with zero attached hydrogens (tertiary/aromatic N) is 4. The zero-order chi connectivity index (χ0) is 33.0. The van der Waals surface area contributed by atoms with Crippen molar-refractivity contribution < 1.29 is 14.6 Å². The standard InChI is InChI=1S/C41H52N4O3/c46-37(32-48-40-21-9-20-39-38(40)19-10-24-42-39)31-43-25-22-36(23-26-43)44-27-29-45(30-28-44)41(47)35(17-7-15-33-11-3-1-4-12-33)18-8-16-34-13-5-2-6-14-34/h1-6,9-14,19-21,24,35-37,46H,7-8,15-18,22-23,25-32H2/t37-/m1/s1. The Hall–Kier alpha value is -3.78. The smallest absolute Gasteiger partial charge is 0.225 e. The number of likely N-dealkylation sites (tertiary alicyclic amines) is 1. The first-order valence-electron chi connectivity index (χ1n) is 18.1. The van der Waals surface area contributed by atoms with Crippen LogP contribution in [0.2, 0.25) is 0 Å². The van der Waals surface area contributed by atoms with Crippen molar-refractivity contribution in [3.8, 4) is 5.75 Å². The molecule has 254 valence electrons. The summed E-state index contributed by atoms with van der Waals surface area (Å²) < 4.78 is 6.01. The summed E-state index contributed by atoms with van der Waals surface area (Å²) in [4.78, 5) is 25.4. The molecule has 1 N–H and O–H groups in total. The quantitative estimate of drug-likeness (QED) is 0.165. The molecule has 2 saturated heterocycles. The number of aromatic nitrogens is 1. The van der Waals surface area contributed by atoms with Crippen LogP contribution >= 0.6 is 0 Å². The van der Waals surface area contributed by atoms with E-state index in [0.717, 1.165) is 107 Å². The summed E-state index contributed by atoms with van der Waals surface area (Å²) >= 11 is 0. The molecule has 48 heavy (non-hydrogen) atoms. The van der Waals surface area contributed by atoms with Crippen molar-refractivity contribution in [3.05, 3.63) is 108 Å². The van der Waals surface area contributed by atoms with E-state index in [2.05, 4.69) is 80.3 Å². The number of ether oxygens (including phenoxy) is 1. The van der Waals surface area contributed by atoms with Crippen LogP contribution in [0.4, 0.5) is 0 Å². The number of carbonyl (C=O) groups excluding carboxylic acids is 1. The molecule has 0 bridgehead atoms. The average Bonchev–Trinajstić information content (AvgIpc) is 3.14. The van der Waals surface area contributed by atoms with Crippen molar-refractivity contribution in [2.24, 2.45) is 5.92 Å². The summed E-state index contributed by atoms with van der Waals surface area (Å²) in [5.74, 6) is 1.23. The largest absolute Gasteiger partial charge is 0.490 e. The number of piperidine rings is 1. The first kappa shape index (κ1) is 34.1. The Bertz CT molecular complexity index is 1480. The minimum absolute atomic E-state index is 0.0971. The summed E-state index contributed by atoms with van der Waals surface area (Å²) in [6.07, 6.45) is 9.49. The Morgan fingerprint density at radius 2 is 1.42 bits per heavy atom. The summed E-state index contributed by atoms with van der Waals surface area (Å²) in [7, 11) is 0. The second-order valence-corrected chi connectivity index (χ2v) is 13.6. The molecule has 1 aromatic heterocycles. The van der Waals surface area contributed by atoms with E-state index in [1.807, 2.05) is 30.3 Å². The van der Waals surface area contributed by atoms with Crippen molar-refractivity contribution in [3.63, 3.8) is 0 Å². The first-order chi connectivity index (χ1) is 23.6. The van der Waals surface area contributed by atoms with E-state index < -0.39 is 6.10 Å². The van der Waals surface area contributed by atoms with Gasteiger partial charge in [-0.2, -0.15) is 0 Å². The molecule has 2 fully saturated rings. The first-order valence-corrected chi connectivity index (χ1v) is 18.1. The number of benzene rings is 3. The lowest BCUT2D eigenvalue weighted by atomic mass is 9.92. The number of aryl methyl sites for hydroxylation is 2. The lowest BCUT2D eigenvalue weighted by molar-refractivity contribution is -0.138. The lowest BCUT2D eigenvalue weighted by Gasteiger charge is -2.43. The summed E-state index contributed by atoms with van der Waals surface area (Å²) in [6.45, 7) is 6.39. The number of fused-ring (bicyclic) bond motifs is 1. The van der Waals surface area contributed by atoms with Gasteiger partial charge in [0.25, 0.3) is 0 Å². The monoisotopic (exact) mass is 648 g/mol. The number of amides is 1. The van der Waals surface area contributed by atoms with Gasteiger partial charge >= 0.3 is 0 Å². The molecule has 4 aromatic rings. The van der Waals surface area contributed by atoms with Gasteiger partial charge in [-0.15, -0.1) is 0 Å². The van der Waals surface area contributed by atoms with Crippen LogP contribution in [0.5, 0.6) is 5.75 Å². The molecule has 7 heteroatoms. The van der Waals surface area contributed by atoms with Crippen molar-refractivity contribution in [1.82, 2.24) is 19.7 Å². The molecule has 1 atom stereocenters. The molecule has 3 heterocycles. The lowest BCUT2D eigenvalue weighted by Crippen LogP contribution is -2.55. The molecule has 0 spiro atoms. The maximum atomic E-state index is 13.9. The van der Waals surface area contributed by atoms with Crippen molar-refractivity contribution >= 4 is 16.8 Å². The maximum Gasteiger partial charge on any atom is 0.225 e. The highest BCUT2D eigenvalue weighted by atomic mass is 16.5. The molecule has 0 saturated carbocycles. The minimum Gasteiger partial charge on any atom is -0.490 e. The number of aliphatic hydroxyl groups excluding tert-OH is 1. The molecule has 3 aromatic carbocycles. The molecule has 6 rings (SSSR count). The van der Waals surface area contributed by atoms with Gasteiger partial charge in [-0.05, 0) is 99.8 Å². The van der Waals surface area contributed by atoms with Gasteiger partial charge in [0.15, 0.2) is 0 Å². The topological polar surface area (TPSA) is 69.1 Å². The molecule has 1 amide bonds. The summed E-state index contributed by atoms with van der Waals surface area (Å²) in [5.41, 5.74) is 3.61. The molecule has 2 aliphatic rings. The van der Waals surface area contributed by atoms with E-state index in [1.54, 1.807) is 6.20 Å². The molecule has 7 nitrogen and oxygen atoms in total. The van der Waals surface area contributed by atoms with Crippen molar-refractivity contribution in [2.75, 3.05) is 52.4 Å². The zero-order valence-electron chi connectivity index (χ0n) is 28.3. The number of hydrogen-bond donors (Lipinski definition) is 1. The highest BCUT2D eigenvalue weighted by Gasteiger charge is 2.31. The van der Waals surface area contributed by atoms with Crippen LogP contribution in [-0.4, -0.2) is 95.3 Å². The molecule has 0 aliphatic carbocycles. The minimum atomic E-state index is -0.545. The number of aliphatic hydroxyl groups is 1. The Morgan fingerprint density at radius 3 is 2.06 bits per heavy atom. The Kier molecular flexibility index (Phi) is 12.5. The predicted molar refractivity (Wildman–Crippen MR) is 193 cm³/mol. The third-order valence-corrected chi connectivity index (χ3v) is 10.3. The van der Waals surface area contributed by atoms with E-state index in [0.29, 0.717) is 18.5 Å². The van der Waals surface area contributed by atoms with E-state index >= 15 is 0 Å². The Morgan fingerprint density at radius 1 is 0.771 bits per heavy atom. The van der Waals surface area contributed by atoms with Gasteiger partial charge in [0.05, 0.1) is 5.52 Å². The SMILES string of the molecule is O=C(C(CCCc1ccccc1)CCCc1ccccc1)N1CCN(C2CCN(C[C@@H](O)COc3cccc4ncccc34)CC2)CC1. The molecular formula is C41H52N4O3. The van der Waals surface area contributed by atoms with Gasteiger partial charge in [0.2, 0.25) is 5.91 Å². The normalized spacial score (nSPS) is 17.2. The predicted octanol–water partition coefficient (Wildman–Crippen LogP) is 6.25. The van der Waals surface area contributed by atoms with Crippen LogP contribution in [0, 0.1) is 5.92 Å². The fourth-order valence-corrected chi connectivity index (χ4v) is 7.56. The molecule has 0 unspecified atom stereocenters. The Labute approximate surface area is 286 Å². The van der Waals surface area contributed by atoms with Crippen molar-refractivity contribution in [1.29, 1.82) is 0 Å². The number of piperazine rings is 1. The zero-order valence-corrected chi connectivity index (χ0v) is 28.3. The molecular weight excluding hydrogens is 596 g/mol. The second kappa shape index (κ2) is 17.6. The van der Waals surface area contributed by atoms with Gasteiger partial charge in [0, 0.05) is 56.3 Å². The van der Waals surface area contributed by atoms with Gasteiger partial charge in [-0.25, -0.2) is 0 Å². The van der Waals surface area contributed by atoms with Crippen LogP contribution in [0.25, 0.3) is 10.9 Å². The highest BCUT2D eigenvalue weighted by molar-refractivity contribution is 5.84. The molecule has 2 aliphatic heterocycles. The van der Waals surface area contributed by atoms with Crippen molar-refractivity contribution in [2.45, 2.75) is 63.5 Å². The third kappa shape index (κ3) is 9.65. The van der Waals surface area contributed by atoms with Crippen LogP contribution < -0.4 is 4.74 Å². The summed E-state index contributed by atoms with van der Waals surface area (Å²) in [5, 5.41) is 11.7. The fraction of sp³-hybridized carbons (Fsp3) is 0.463. The second-order valence-electron chi connectivity index (χ2n) is 13.6. The van der Waals surface area contributed by atoms with Crippen LogP contribution in [0.15, 0.2) is 97.2 Å². The van der Waals surface area contributed by atoms with Gasteiger partial charge in [0.1, 0.15) is 18.5 Å². The van der Waals surface area contributed by atoms with Crippen LogP contribution in [0.1, 0.15) is 49.7 Å². The number of hydrogen-bond acceptors (Lipinski definition) is 6. The van der Waals surface area contributed by atoms with Gasteiger partial charge < -0.3 is 19.6 Å². The summed E-state index contributed by atoms with van der Waals surface area (Å²) in [6, 6.07) is 31.6. The Balaban J connectivity index is 0.927. The van der Waals surface area contributed by atoms with Crippen LogP contribution in [0.3, 0.4) is 0 Å². The molecule has 0 radical (unpaired) electrons. The number of rotatable bonds is 15. The maximum absolute atomic E-state index is 13.9. The highest BCUT2D eigenvalue weighted by Crippen LogP contribution is 2.25. The average molecular weight is 649 g/mol. The number of β-amino-alcohol motifs (C(OH)–C–C–N with tert-alkyl or cyclic N) is 1.